The topological polar surface area (TPSA) is 414 Å². The highest BCUT2D eigenvalue weighted by Crippen LogP contribution is 2.01. The molecule has 8 amide bonds. The Labute approximate surface area is 405 Å². The van der Waals surface area contributed by atoms with Crippen molar-refractivity contribution in [2.75, 3.05) is 116 Å². The molecule has 10 rings (SSSR count). The van der Waals surface area contributed by atoms with Crippen molar-refractivity contribution in [3.63, 3.8) is 0 Å². The molecule has 0 unspecified atom stereocenters. The number of carbonyl (C=O) groups excluding carboxylic acids is 6. The molecule has 69 heavy (non-hydrogen) atoms. The molecule has 0 atom stereocenters. The number of rotatable bonds is 0. The fraction of sp³-hybridized carbons (Fsp3) is 0.833. The van der Waals surface area contributed by atoms with E-state index in [2.05, 4.69) is 75.6 Å². The van der Waals surface area contributed by atoms with Crippen molar-refractivity contribution in [3.05, 3.63) is 0 Å². The molecular weight excluding hydrogens is 999 g/mol. The van der Waals surface area contributed by atoms with Gasteiger partial charge in [0.2, 0.25) is 41.9 Å². The largest absolute Gasteiger partial charge is 0.449 e. The summed E-state index contributed by atoms with van der Waals surface area (Å²) >= 11 is 0. The first-order valence-corrected chi connectivity index (χ1v) is 29.2. The normalized spacial score (nSPS) is 23.6. The average Bonchev–Trinajstić information content (AvgIpc) is 4.20. The van der Waals surface area contributed by atoms with Crippen molar-refractivity contribution in [2.24, 2.45) is 0 Å². The van der Waals surface area contributed by atoms with Gasteiger partial charge in [0, 0.05) is 91.4 Å². The summed E-state index contributed by atoms with van der Waals surface area (Å²) in [6, 6.07) is -0.0822. The minimum Gasteiger partial charge on any atom is -0.449 e. The lowest BCUT2D eigenvalue weighted by molar-refractivity contribution is -0.122. The Hall–Kier alpha value is -4.38. The molecule has 10 heterocycles. The van der Waals surface area contributed by atoms with Crippen LogP contribution in [0.3, 0.4) is 0 Å². The third-order valence-electron chi connectivity index (χ3n) is 9.05. The third kappa shape index (κ3) is 39.1. The maximum Gasteiger partial charge on any atom is 0.407 e. The van der Waals surface area contributed by atoms with Crippen molar-refractivity contribution in [1.29, 1.82) is 0 Å². The SMILES string of the molecule is O=C1CCCCN1.O=C1CCCN1.O=C1NCCCN1.O=C1NCCCO1.O=C1NCCN1.O=C1NCCO1.O=S1(=O)CCCCN1.O=S1(=O)CCCCN1.O=S1(=O)CCCN1.O=S1(=O)NCCN1. The molecule has 10 aliphatic heterocycles. The summed E-state index contributed by atoms with van der Waals surface area (Å²) in [5.41, 5.74) is 0. The van der Waals surface area contributed by atoms with Crippen LogP contribution in [0.4, 0.5) is 19.2 Å². The lowest BCUT2D eigenvalue weighted by atomic mass is 10.2. The van der Waals surface area contributed by atoms with Crippen LogP contribution < -0.4 is 66.1 Å². The maximum atomic E-state index is 10.5. The van der Waals surface area contributed by atoms with Gasteiger partial charge >= 0.3 is 24.2 Å². The number of hydrogen-bond acceptors (Lipinski definition) is 16. The molecule has 13 N–H and O–H groups in total. The van der Waals surface area contributed by atoms with Gasteiger partial charge in [0.1, 0.15) is 6.61 Å². The van der Waals surface area contributed by atoms with Gasteiger partial charge in [-0.2, -0.15) is 8.42 Å². The minimum absolute atomic E-state index is 0.0359. The molecule has 0 aromatic rings. The number of ether oxygens (including phenoxy) is 2. The summed E-state index contributed by atoms with van der Waals surface area (Å²) in [6.07, 6.45) is 10.5. The van der Waals surface area contributed by atoms with E-state index in [1.807, 2.05) is 0 Å². The van der Waals surface area contributed by atoms with Gasteiger partial charge < -0.3 is 52.0 Å². The first kappa shape index (κ1) is 62.6. The predicted octanol–water partition coefficient (Wildman–Crippen LogP) is -3.85. The Kier molecular flexibility index (Phi) is 33.2. The summed E-state index contributed by atoms with van der Waals surface area (Å²) < 4.78 is 104. The van der Waals surface area contributed by atoms with Crippen molar-refractivity contribution in [3.8, 4) is 0 Å². The first-order chi connectivity index (χ1) is 32.7. The van der Waals surface area contributed by atoms with Gasteiger partial charge in [0.25, 0.3) is 10.2 Å². The van der Waals surface area contributed by atoms with E-state index in [4.69, 9.17) is 0 Å². The number of nitrogens with one attached hydrogen (secondary N) is 13. The quantitative estimate of drug-likeness (QED) is 0.110. The van der Waals surface area contributed by atoms with Crippen molar-refractivity contribution >= 4 is 76.3 Å². The summed E-state index contributed by atoms with van der Waals surface area (Å²) in [4.78, 5) is 60.8. The fourth-order valence-electron chi connectivity index (χ4n) is 5.51. The second-order valence-corrected chi connectivity index (χ2v) is 22.5. The van der Waals surface area contributed by atoms with Gasteiger partial charge in [-0.15, -0.1) is 0 Å². The Morgan fingerprint density at radius 2 is 0.696 bits per heavy atom. The first-order valence-electron chi connectivity index (χ1n) is 22.7. The summed E-state index contributed by atoms with van der Waals surface area (Å²) in [5.74, 6) is 1.36. The van der Waals surface area contributed by atoms with Crippen LogP contribution in [0.25, 0.3) is 0 Å². The molecule has 0 aliphatic carbocycles. The smallest absolute Gasteiger partial charge is 0.407 e. The van der Waals surface area contributed by atoms with Crippen LogP contribution in [0.5, 0.6) is 0 Å². The van der Waals surface area contributed by atoms with Gasteiger partial charge in [-0.1, -0.05) is 0 Å². The number of carbonyl (C=O) groups is 6. The predicted molar refractivity (Wildman–Crippen MR) is 253 cm³/mol. The zero-order valence-corrected chi connectivity index (χ0v) is 42.1. The Morgan fingerprint density at radius 1 is 0.304 bits per heavy atom. The molecule has 10 saturated heterocycles. The van der Waals surface area contributed by atoms with Crippen LogP contribution in [0.2, 0.25) is 0 Å². The molecular formula is C36H73N13O16S4. The summed E-state index contributed by atoms with van der Waals surface area (Å²) in [7, 11) is -11.5. The number of amides is 8. The molecule has 10 aliphatic rings. The van der Waals surface area contributed by atoms with E-state index in [-0.39, 0.29) is 36.1 Å². The molecule has 0 radical (unpaired) electrons. The number of urea groups is 2. The van der Waals surface area contributed by atoms with Gasteiger partial charge in [-0.05, 0) is 64.2 Å². The van der Waals surface area contributed by atoms with Crippen molar-refractivity contribution in [2.45, 2.75) is 77.0 Å². The molecule has 0 spiro atoms. The van der Waals surface area contributed by atoms with Crippen LogP contribution >= 0.6 is 0 Å². The zero-order valence-electron chi connectivity index (χ0n) is 38.9. The third-order valence-corrected chi connectivity index (χ3v) is 14.6. The molecule has 0 aromatic heterocycles. The van der Waals surface area contributed by atoms with E-state index in [1.165, 1.54) is 0 Å². The van der Waals surface area contributed by atoms with Crippen LogP contribution in [0.15, 0.2) is 0 Å². The minimum atomic E-state index is -3.05. The van der Waals surface area contributed by atoms with E-state index >= 15 is 0 Å². The number of sulfonamides is 3. The van der Waals surface area contributed by atoms with E-state index in [1.54, 1.807) is 0 Å². The van der Waals surface area contributed by atoms with Crippen molar-refractivity contribution < 1.29 is 71.9 Å². The molecule has 33 heteroatoms. The molecule has 0 aromatic carbocycles. The highest BCUT2D eigenvalue weighted by atomic mass is 32.2. The molecule has 10 fully saturated rings. The van der Waals surface area contributed by atoms with E-state index < -0.39 is 40.3 Å². The Bertz CT molecular complexity index is 1730. The zero-order chi connectivity index (χ0) is 51.3. The second-order valence-electron chi connectivity index (χ2n) is 15.2. The molecule has 0 saturated carbocycles. The average molecular weight is 1070 g/mol. The molecule has 402 valence electrons. The van der Waals surface area contributed by atoms with Gasteiger partial charge in [0.05, 0.1) is 30.4 Å². The van der Waals surface area contributed by atoms with Crippen LogP contribution in [-0.2, 0) is 59.3 Å². The lowest BCUT2D eigenvalue weighted by Gasteiger charge is -2.11. The highest BCUT2D eigenvalue weighted by molar-refractivity contribution is 7.90. The standard InChI is InChI=1S/C5H9NO.C4H8N2O.2C4H9NO2S.C4H7NO2.C4H7NO.C3H6N2O.C3H7NO2S.C3H5NO2.C2H6N2O2S/c7-5-3-1-2-4-6-5;7-4-5-2-1-3-6-4;2*6-8(7)4-2-1-3-5-8;6-4-5-2-1-3-7-4;6-4-2-1-3-5-4;6-3-4-1-2-5-3;5-7(6)3-1-2-4-7;5-3-4-1-2-6-3;5-7(6)3-1-2-4-7/h1-4H2,(H,6,7);1-3H2,(H2,5,6,7);2*5H,1-4H2;1-3H2,(H,5,6);1-3H2,(H,5,6);1-2H2,(H2,4,5,6);4H,1-3H2;1-2H2,(H,4,5);3-4H,1-2H2. The second kappa shape index (κ2) is 36.5. The number of alkyl carbamates (subject to hydrolysis) is 2. The van der Waals surface area contributed by atoms with Crippen LogP contribution in [0.1, 0.15) is 77.0 Å². The van der Waals surface area contributed by atoms with Gasteiger partial charge in [0.15, 0.2) is 0 Å². The number of piperidine rings is 1. The summed E-state index contributed by atoms with van der Waals surface area (Å²) in [6.45, 7) is 10.4. The fourth-order valence-corrected chi connectivity index (χ4v) is 9.84. The van der Waals surface area contributed by atoms with Crippen LogP contribution in [-0.4, -0.2) is 185 Å². The van der Waals surface area contributed by atoms with Gasteiger partial charge in [-0.25, -0.2) is 68.0 Å². The van der Waals surface area contributed by atoms with Crippen LogP contribution in [0, 0.1) is 0 Å². The lowest BCUT2D eigenvalue weighted by Crippen LogP contribution is -2.42. The number of hydrogen-bond donors (Lipinski definition) is 13. The van der Waals surface area contributed by atoms with Crippen molar-refractivity contribution in [1.82, 2.24) is 66.1 Å². The van der Waals surface area contributed by atoms with E-state index in [0.717, 1.165) is 123 Å². The monoisotopic (exact) mass is 1070 g/mol. The van der Waals surface area contributed by atoms with Gasteiger partial charge in [-0.3, -0.25) is 9.59 Å². The Morgan fingerprint density at radius 3 is 0.884 bits per heavy atom. The Balaban J connectivity index is 0.000000384. The highest BCUT2D eigenvalue weighted by Gasteiger charge is 2.16. The molecule has 0 bridgehead atoms. The summed E-state index contributed by atoms with van der Waals surface area (Å²) in [5, 5.41) is 20.8. The molecule has 29 nitrogen and oxygen atoms in total. The van der Waals surface area contributed by atoms with E-state index in [0.29, 0.717) is 69.7 Å². The number of cyclic esters (lactones) is 2. The van der Waals surface area contributed by atoms with E-state index in [9.17, 15) is 62.4 Å². The maximum absolute atomic E-state index is 10.5.